The lowest BCUT2D eigenvalue weighted by molar-refractivity contribution is -0.137. The molecule has 0 amide bonds. The highest BCUT2D eigenvalue weighted by Gasteiger charge is 2.12. The van der Waals surface area contributed by atoms with Crippen LogP contribution in [0.15, 0.2) is 30.3 Å². The summed E-state index contributed by atoms with van der Waals surface area (Å²) in [6.45, 7) is 9.51. The van der Waals surface area contributed by atoms with Gasteiger partial charge in [0.05, 0.1) is 0 Å². The topological polar surface area (TPSA) is 67.7 Å². The second kappa shape index (κ2) is 7.43. The third-order valence-electron chi connectivity index (χ3n) is 1.88. The first kappa shape index (κ1) is 14.1. The molecule has 4 nitrogen and oxygen atoms in total. The van der Waals surface area contributed by atoms with Gasteiger partial charge in [-0.3, -0.25) is 0 Å². The van der Waals surface area contributed by atoms with Gasteiger partial charge in [0.15, 0.2) is 0 Å². The molecule has 1 aromatic rings. The van der Waals surface area contributed by atoms with Gasteiger partial charge in [-0.1, -0.05) is 30.3 Å². The Morgan fingerprint density at radius 1 is 1.38 bits per heavy atom. The van der Waals surface area contributed by atoms with Gasteiger partial charge in [0.1, 0.15) is 0 Å². The minimum absolute atomic E-state index is 0.159. The molecule has 4 heteroatoms. The lowest BCUT2D eigenvalue weighted by atomic mass is 10.1. The molecule has 0 radical (unpaired) electrons. The minimum atomic E-state index is -1.06. The molecule has 0 saturated heterocycles. The number of carboxylic acid groups (broad SMARTS) is 1. The van der Waals surface area contributed by atoms with Crippen LogP contribution in [0, 0.1) is 6.57 Å². The Labute approximate surface area is 95.5 Å². The molecular formula is C12H16N2O2. The molecule has 0 aliphatic rings. The van der Waals surface area contributed by atoms with Crippen LogP contribution in [0.1, 0.15) is 25.5 Å². The molecule has 0 heterocycles. The Morgan fingerprint density at radius 2 is 1.88 bits per heavy atom. The van der Waals surface area contributed by atoms with E-state index >= 15 is 0 Å². The summed E-state index contributed by atoms with van der Waals surface area (Å²) in [5, 5.41) is 7.97. The molecule has 0 aliphatic carbocycles. The Kier molecular flexibility index (Phi) is 6.57. The van der Waals surface area contributed by atoms with Crippen LogP contribution >= 0.6 is 0 Å². The zero-order valence-corrected chi connectivity index (χ0v) is 9.42. The third kappa shape index (κ3) is 5.78. The highest BCUT2D eigenvalue weighted by molar-refractivity contribution is 5.74. The summed E-state index contributed by atoms with van der Waals surface area (Å²) in [5.41, 5.74) is 6.81. The fourth-order valence-corrected chi connectivity index (χ4v) is 0.812. The fourth-order valence-electron chi connectivity index (χ4n) is 0.812. The van der Waals surface area contributed by atoms with Gasteiger partial charge in [0.25, 0.3) is 0 Å². The van der Waals surface area contributed by atoms with E-state index in [9.17, 15) is 4.79 Å². The van der Waals surface area contributed by atoms with Crippen molar-refractivity contribution in [3.05, 3.63) is 47.3 Å². The Balaban J connectivity index is 0.000000293. The SMILES string of the molecule is CC(N)c1ccccc1.[C-]#[N+]C(C)C(=O)O. The van der Waals surface area contributed by atoms with E-state index in [0.717, 1.165) is 0 Å². The maximum absolute atomic E-state index is 9.72. The van der Waals surface area contributed by atoms with E-state index in [0.29, 0.717) is 0 Å². The zero-order chi connectivity index (χ0) is 12.6. The number of rotatable bonds is 2. The van der Waals surface area contributed by atoms with Gasteiger partial charge < -0.3 is 15.7 Å². The van der Waals surface area contributed by atoms with E-state index in [-0.39, 0.29) is 6.04 Å². The Hall–Kier alpha value is -1.86. The van der Waals surface area contributed by atoms with Gasteiger partial charge in [-0.2, -0.15) is 0 Å². The largest absolute Gasteiger partial charge is 0.476 e. The van der Waals surface area contributed by atoms with E-state index in [1.54, 1.807) is 0 Å². The maximum Gasteiger partial charge on any atom is 0.387 e. The molecule has 0 spiro atoms. The first-order chi connectivity index (χ1) is 7.49. The molecule has 3 N–H and O–H groups in total. The fraction of sp³-hybridized carbons (Fsp3) is 0.333. The molecule has 0 aliphatic heterocycles. The van der Waals surface area contributed by atoms with Crippen molar-refractivity contribution < 1.29 is 9.90 Å². The first-order valence-electron chi connectivity index (χ1n) is 4.89. The molecular weight excluding hydrogens is 204 g/mol. The number of carboxylic acids is 1. The van der Waals surface area contributed by atoms with Crippen LogP contribution in [-0.4, -0.2) is 17.1 Å². The maximum atomic E-state index is 9.72. The van der Waals surface area contributed by atoms with Crippen molar-refractivity contribution in [1.29, 1.82) is 0 Å². The van der Waals surface area contributed by atoms with Crippen molar-refractivity contribution in [3.8, 4) is 0 Å². The normalized spacial score (nSPS) is 12.6. The van der Waals surface area contributed by atoms with Crippen LogP contribution in [0.4, 0.5) is 0 Å². The summed E-state index contributed by atoms with van der Waals surface area (Å²) in [6, 6.07) is 9.32. The molecule has 16 heavy (non-hydrogen) atoms. The summed E-state index contributed by atoms with van der Waals surface area (Å²) >= 11 is 0. The van der Waals surface area contributed by atoms with E-state index in [1.165, 1.54) is 12.5 Å². The van der Waals surface area contributed by atoms with Crippen molar-refractivity contribution >= 4 is 5.97 Å². The first-order valence-corrected chi connectivity index (χ1v) is 4.89. The third-order valence-corrected chi connectivity index (χ3v) is 1.88. The molecule has 2 unspecified atom stereocenters. The zero-order valence-electron chi connectivity index (χ0n) is 9.42. The molecule has 1 rings (SSSR count). The highest BCUT2D eigenvalue weighted by atomic mass is 16.4. The number of benzene rings is 1. The molecule has 0 aromatic heterocycles. The quantitative estimate of drug-likeness (QED) is 0.750. The van der Waals surface area contributed by atoms with Crippen LogP contribution in [0.3, 0.4) is 0 Å². The van der Waals surface area contributed by atoms with Crippen molar-refractivity contribution in [2.24, 2.45) is 5.73 Å². The van der Waals surface area contributed by atoms with Gasteiger partial charge in [0, 0.05) is 13.0 Å². The van der Waals surface area contributed by atoms with Crippen LogP contribution in [0.2, 0.25) is 0 Å². The van der Waals surface area contributed by atoms with Gasteiger partial charge in [0.2, 0.25) is 0 Å². The summed E-state index contributed by atoms with van der Waals surface area (Å²) in [4.78, 5) is 12.5. The lowest BCUT2D eigenvalue weighted by Crippen LogP contribution is -2.09. The molecule has 1 aromatic carbocycles. The molecule has 0 bridgehead atoms. The lowest BCUT2D eigenvalue weighted by Gasteiger charge is -2.02. The number of nitrogens with zero attached hydrogens (tertiary/aromatic N) is 1. The predicted molar refractivity (Wildman–Crippen MR) is 62.7 cm³/mol. The van der Waals surface area contributed by atoms with E-state index in [4.69, 9.17) is 17.4 Å². The summed E-state index contributed by atoms with van der Waals surface area (Å²) in [7, 11) is 0. The minimum Gasteiger partial charge on any atom is -0.476 e. The molecule has 0 saturated carbocycles. The molecule has 0 fully saturated rings. The van der Waals surface area contributed by atoms with Crippen LogP contribution in [-0.2, 0) is 4.79 Å². The van der Waals surface area contributed by atoms with Gasteiger partial charge in [-0.25, -0.2) is 11.4 Å². The number of aliphatic carboxylic acids is 1. The number of carbonyl (C=O) groups is 1. The van der Waals surface area contributed by atoms with E-state index < -0.39 is 12.0 Å². The molecule has 2 atom stereocenters. The van der Waals surface area contributed by atoms with Gasteiger partial charge in [-0.15, -0.1) is 0 Å². The Morgan fingerprint density at radius 3 is 2.06 bits per heavy atom. The van der Waals surface area contributed by atoms with Crippen molar-refractivity contribution in [1.82, 2.24) is 0 Å². The number of nitrogens with two attached hydrogens (primary N) is 1. The average Bonchev–Trinajstić information content (AvgIpc) is 2.29. The van der Waals surface area contributed by atoms with Gasteiger partial charge >= 0.3 is 12.0 Å². The van der Waals surface area contributed by atoms with Crippen LogP contribution in [0.5, 0.6) is 0 Å². The number of hydrogen-bond donors (Lipinski definition) is 2. The van der Waals surface area contributed by atoms with Crippen LogP contribution < -0.4 is 5.73 Å². The summed E-state index contributed by atoms with van der Waals surface area (Å²) in [5.74, 6) is -1.06. The monoisotopic (exact) mass is 220 g/mol. The average molecular weight is 220 g/mol. The van der Waals surface area contributed by atoms with Crippen molar-refractivity contribution in [2.75, 3.05) is 0 Å². The van der Waals surface area contributed by atoms with Gasteiger partial charge in [-0.05, 0) is 12.5 Å². The standard InChI is InChI=1S/C8H11N.C4H5NO2/c1-7(9)8-5-3-2-4-6-8;1-3(5-2)4(6)7/h2-7H,9H2,1H3;3H,1H3,(H,6,7). The van der Waals surface area contributed by atoms with Crippen molar-refractivity contribution in [2.45, 2.75) is 25.9 Å². The highest BCUT2D eigenvalue weighted by Crippen LogP contribution is 2.06. The summed E-state index contributed by atoms with van der Waals surface area (Å²) < 4.78 is 0. The summed E-state index contributed by atoms with van der Waals surface area (Å²) in [6.07, 6.45) is 0. The smallest absolute Gasteiger partial charge is 0.387 e. The van der Waals surface area contributed by atoms with E-state index in [1.807, 2.05) is 37.3 Å². The molecule has 86 valence electrons. The number of hydrogen-bond acceptors (Lipinski definition) is 2. The van der Waals surface area contributed by atoms with Crippen molar-refractivity contribution in [3.63, 3.8) is 0 Å². The second-order valence-electron chi connectivity index (χ2n) is 3.34. The van der Waals surface area contributed by atoms with Crippen LogP contribution in [0.25, 0.3) is 4.85 Å². The Bertz CT molecular complexity index is 355. The van der Waals surface area contributed by atoms with E-state index in [2.05, 4.69) is 4.85 Å². The second-order valence-corrected chi connectivity index (χ2v) is 3.34. The predicted octanol–water partition coefficient (Wildman–Crippen LogP) is 2.09.